The van der Waals surface area contributed by atoms with Crippen LogP contribution in [-0.2, 0) is 4.79 Å². The van der Waals surface area contributed by atoms with Crippen LogP contribution < -0.4 is 5.73 Å². The fraction of sp³-hybridized carbons (Fsp3) is 0.562. The minimum absolute atomic E-state index is 0.164. The molecule has 2 heteroatoms. The van der Waals surface area contributed by atoms with Crippen molar-refractivity contribution in [2.45, 2.75) is 57.9 Å². The second-order valence-electron chi connectivity index (χ2n) is 4.87. The Morgan fingerprint density at radius 1 is 1.06 bits per heavy atom. The van der Waals surface area contributed by atoms with E-state index in [4.69, 9.17) is 5.73 Å². The van der Waals surface area contributed by atoms with Crippen LogP contribution in [0.4, 0.5) is 0 Å². The predicted molar refractivity (Wildman–Crippen MR) is 76.4 cm³/mol. The summed E-state index contributed by atoms with van der Waals surface area (Å²) in [6.07, 6.45) is 7.82. The topological polar surface area (TPSA) is 43.1 Å². The maximum Gasteiger partial charge on any atom is 0.154 e. The van der Waals surface area contributed by atoms with Gasteiger partial charge in [-0.3, -0.25) is 4.79 Å². The van der Waals surface area contributed by atoms with Gasteiger partial charge >= 0.3 is 0 Å². The quantitative estimate of drug-likeness (QED) is 0.670. The number of carbonyl (C=O) groups excluding carboxylic acids is 1. The average molecular weight is 247 g/mol. The molecule has 100 valence electrons. The maximum absolute atomic E-state index is 11.9. The molecule has 0 aliphatic carbocycles. The summed E-state index contributed by atoms with van der Waals surface area (Å²) in [6.45, 7) is 2.21. The summed E-state index contributed by atoms with van der Waals surface area (Å²) in [5, 5.41) is 0. The Kier molecular flexibility index (Phi) is 7.35. The molecule has 1 aromatic rings. The van der Waals surface area contributed by atoms with Crippen LogP contribution in [0.25, 0.3) is 0 Å². The number of ketones is 1. The number of Topliss-reactive ketones (excluding diaryl/α,β-unsaturated/α-hetero) is 1. The number of hydrogen-bond donors (Lipinski definition) is 1. The van der Waals surface area contributed by atoms with Crippen molar-refractivity contribution in [3.8, 4) is 0 Å². The molecular formula is C16H25NO. The Bertz CT molecular complexity index is 334. The van der Waals surface area contributed by atoms with Crippen molar-refractivity contribution in [3.05, 3.63) is 35.9 Å². The first-order valence-electron chi connectivity index (χ1n) is 7.09. The van der Waals surface area contributed by atoms with E-state index in [1.54, 1.807) is 0 Å². The molecule has 1 rings (SSSR count). The third kappa shape index (κ3) is 5.46. The van der Waals surface area contributed by atoms with Crippen molar-refractivity contribution in [2.75, 3.05) is 0 Å². The number of benzene rings is 1. The van der Waals surface area contributed by atoms with Crippen molar-refractivity contribution in [1.82, 2.24) is 0 Å². The lowest BCUT2D eigenvalue weighted by molar-refractivity contribution is -0.120. The molecular weight excluding hydrogens is 222 g/mol. The normalized spacial score (nSPS) is 12.3. The van der Waals surface area contributed by atoms with E-state index in [0.717, 1.165) is 18.4 Å². The SMILES string of the molecule is CCCCCCCCC(=O)C(N)c1ccccc1. The van der Waals surface area contributed by atoms with Gasteiger partial charge in [-0.2, -0.15) is 0 Å². The molecule has 0 spiro atoms. The van der Waals surface area contributed by atoms with E-state index in [-0.39, 0.29) is 5.78 Å². The van der Waals surface area contributed by atoms with E-state index in [0.29, 0.717) is 6.42 Å². The lowest BCUT2D eigenvalue weighted by atomic mass is 9.99. The highest BCUT2D eigenvalue weighted by Gasteiger charge is 2.14. The molecule has 0 saturated carbocycles. The highest BCUT2D eigenvalue weighted by molar-refractivity contribution is 5.84. The zero-order chi connectivity index (χ0) is 13.2. The molecule has 0 aliphatic rings. The van der Waals surface area contributed by atoms with Crippen LogP contribution in [0.15, 0.2) is 30.3 Å². The van der Waals surface area contributed by atoms with E-state index >= 15 is 0 Å². The van der Waals surface area contributed by atoms with Crippen LogP contribution in [0, 0.1) is 0 Å². The molecule has 0 aliphatic heterocycles. The van der Waals surface area contributed by atoms with Crippen molar-refractivity contribution >= 4 is 5.78 Å². The maximum atomic E-state index is 11.9. The number of hydrogen-bond acceptors (Lipinski definition) is 2. The molecule has 18 heavy (non-hydrogen) atoms. The molecule has 0 heterocycles. The van der Waals surface area contributed by atoms with Crippen LogP contribution in [0.1, 0.15) is 63.5 Å². The average Bonchev–Trinajstić information content (AvgIpc) is 2.42. The highest BCUT2D eigenvalue weighted by atomic mass is 16.1. The molecule has 0 saturated heterocycles. The smallest absolute Gasteiger partial charge is 0.154 e. The number of unbranched alkanes of at least 4 members (excludes halogenated alkanes) is 5. The Labute approximate surface area is 111 Å². The number of carbonyl (C=O) groups is 1. The Hall–Kier alpha value is -1.15. The summed E-state index contributed by atoms with van der Waals surface area (Å²) < 4.78 is 0. The van der Waals surface area contributed by atoms with Gasteiger partial charge in [0.05, 0.1) is 6.04 Å². The lowest BCUT2D eigenvalue weighted by Crippen LogP contribution is -2.21. The van der Waals surface area contributed by atoms with Gasteiger partial charge in [0.25, 0.3) is 0 Å². The number of rotatable bonds is 9. The lowest BCUT2D eigenvalue weighted by Gasteiger charge is -2.10. The minimum Gasteiger partial charge on any atom is -0.318 e. The van der Waals surface area contributed by atoms with Gasteiger partial charge in [-0.1, -0.05) is 69.4 Å². The molecule has 1 unspecified atom stereocenters. The van der Waals surface area contributed by atoms with Gasteiger partial charge in [-0.15, -0.1) is 0 Å². The third-order valence-corrected chi connectivity index (χ3v) is 3.28. The van der Waals surface area contributed by atoms with Gasteiger partial charge < -0.3 is 5.73 Å². The first kappa shape index (κ1) is 14.9. The Morgan fingerprint density at radius 2 is 1.67 bits per heavy atom. The van der Waals surface area contributed by atoms with Crippen LogP contribution in [0.5, 0.6) is 0 Å². The second-order valence-corrected chi connectivity index (χ2v) is 4.87. The summed E-state index contributed by atoms with van der Waals surface area (Å²) >= 11 is 0. The van der Waals surface area contributed by atoms with Gasteiger partial charge in [-0.05, 0) is 12.0 Å². The molecule has 0 radical (unpaired) electrons. The van der Waals surface area contributed by atoms with E-state index in [9.17, 15) is 4.79 Å². The van der Waals surface area contributed by atoms with Gasteiger partial charge in [0, 0.05) is 6.42 Å². The van der Waals surface area contributed by atoms with Crippen molar-refractivity contribution in [3.63, 3.8) is 0 Å². The molecule has 2 N–H and O–H groups in total. The van der Waals surface area contributed by atoms with Crippen LogP contribution in [0.3, 0.4) is 0 Å². The van der Waals surface area contributed by atoms with E-state index in [1.807, 2.05) is 30.3 Å². The largest absolute Gasteiger partial charge is 0.318 e. The first-order valence-corrected chi connectivity index (χ1v) is 7.09. The summed E-state index contributed by atoms with van der Waals surface area (Å²) in [6, 6.07) is 9.18. The summed E-state index contributed by atoms with van der Waals surface area (Å²) in [5.74, 6) is 0.164. The fourth-order valence-corrected chi connectivity index (χ4v) is 2.08. The molecule has 0 aromatic heterocycles. The van der Waals surface area contributed by atoms with Gasteiger partial charge in [0.1, 0.15) is 0 Å². The second kappa shape index (κ2) is 8.87. The highest BCUT2D eigenvalue weighted by Crippen LogP contribution is 2.15. The van der Waals surface area contributed by atoms with Gasteiger partial charge in [0.2, 0.25) is 0 Å². The number of nitrogens with two attached hydrogens (primary N) is 1. The van der Waals surface area contributed by atoms with Crippen LogP contribution >= 0.6 is 0 Å². The molecule has 2 nitrogen and oxygen atoms in total. The van der Waals surface area contributed by atoms with E-state index < -0.39 is 6.04 Å². The molecule has 0 fully saturated rings. The zero-order valence-electron chi connectivity index (χ0n) is 11.4. The van der Waals surface area contributed by atoms with Gasteiger partial charge in [-0.25, -0.2) is 0 Å². The van der Waals surface area contributed by atoms with Gasteiger partial charge in [0.15, 0.2) is 5.78 Å². The van der Waals surface area contributed by atoms with E-state index in [2.05, 4.69) is 6.92 Å². The van der Waals surface area contributed by atoms with Crippen molar-refractivity contribution in [1.29, 1.82) is 0 Å². The first-order chi connectivity index (χ1) is 8.75. The Morgan fingerprint density at radius 3 is 2.33 bits per heavy atom. The third-order valence-electron chi connectivity index (χ3n) is 3.28. The molecule has 0 amide bonds. The standard InChI is InChI=1S/C16H25NO/c1-2-3-4-5-6-10-13-15(18)16(17)14-11-8-7-9-12-14/h7-9,11-12,16H,2-6,10,13,17H2,1H3. The van der Waals surface area contributed by atoms with Crippen LogP contribution in [-0.4, -0.2) is 5.78 Å². The minimum atomic E-state index is -0.443. The zero-order valence-corrected chi connectivity index (χ0v) is 11.4. The monoisotopic (exact) mass is 247 g/mol. The predicted octanol–water partition coefficient (Wildman–Crippen LogP) is 4.01. The molecule has 1 atom stereocenters. The van der Waals surface area contributed by atoms with Crippen molar-refractivity contribution in [2.24, 2.45) is 5.73 Å². The van der Waals surface area contributed by atoms with Crippen molar-refractivity contribution < 1.29 is 4.79 Å². The summed E-state index contributed by atoms with van der Waals surface area (Å²) in [5.41, 5.74) is 6.88. The summed E-state index contributed by atoms with van der Waals surface area (Å²) in [7, 11) is 0. The molecule has 1 aromatic carbocycles. The van der Waals surface area contributed by atoms with Crippen LogP contribution in [0.2, 0.25) is 0 Å². The summed E-state index contributed by atoms with van der Waals surface area (Å²) in [4.78, 5) is 11.9. The molecule has 0 bridgehead atoms. The Balaban J connectivity index is 2.20. The fourth-order valence-electron chi connectivity index (χ4n) is 2.08. The van der Waals surface area contributed by atoms with E-state index in [1.165, 1.54) is 25.7 Å².